The van der Waals surface area contributed by atoms with Gasteiger partial charge >= 0.3 is 11.9 Å². The minimum atomic E-state index is -2.79. The van der Waals surface area contributed by atoms with Crippen LogP contribution in [-0.4, -0.2) is 35.9 Å². The van der Waals surface area contributed by atoms with E-state index in [9.17, 15) is 14.7 Å². The zero-order valence-electron chi connectivity index (χ0n) is 9.47. The van der Waals surface area contributed by atoms with Gasteiger partial charge in [0.05, 0.1) is 13.2 Å². The Bertz CT molecular complexity index is 347. The monoisotopic (exact) mass is 240 g/mol. The molecule has 0 aliphatic heterocycles. The molecule has 0 spiro atoms. The molecule has 0 saturated heterocycles. The van der Waals surface area contributed by atoms with Gasteiger partial charge in [0.2, 0.25) is 5.92 Å². The van der Waals surface area contributed by atoms with Crippen molar-refractivity contribution in [1.82, 2.24) is 0 Å². The summed E-state index contributed by atoms with van der Waals surface area (Å²) in [5, 5.41) is 26.9. The van der Waals surface area contributed by atoms with Crippen LogP contribution in [0.2, 0.25) is 0 Å². The summed E-state index contributed by atoms with van der Waals surface area (Å²) >= 11 is 0. The first-order valence-electron chi connectivity index (χ1n) is 4.84. The van der Waals surface area contributed by atoms with Gasteiger partial charge in [0.25, 0.3) is 5.60 Å². The first kappa shape index (κ1) is 14.9. The predicted molar refractivity (Wildman–Crippen MR) is 52.9 cm³/mol. The summed E-state index contributed by atoms with van der Waals surface area (Å²) in [6.07, 6.45) is 0. The number of carbonyl (C=O) groups is 2. The molecule has 0 aromatic rings. The first-order chi connectivity index (χ1) is 7.96. The number of hydrogen-bond donors (Lipinski definition) is 1. The van der Waals surface area contributed by atoms with E-state index >= 15 is 0 Å². The van der Waals surface area contributed by atoms with Gasteiger partial charge in [-0.25, -0.2) is 0 Å². The molecule has 0 fully saturated rings. The van der Waals surface area contributed by atoms with Gasteiger partial charge in [0.1, 0.15) is 12.1 Å². The Kier molecular flexibility index (Phi) is 5.65. The molecule has 0 amide bonds. The molecule has 0 unspecified atom stereocenters. The van der Waals surface area contributed by atoms with Crippen LogP contribution < -0.4 is 0 Å². The smallest absolute Gasteiger partial charge is 0.325 e. The van der Waals surface area contributed by atoms with Gasteiger partial charge in [-0.15, -0.1) is 0 Å². The minimum absolute atomic E-state index is 0.0539. The summed E-state index contributed by atoms with van der Waals surface area (Å²) in [5.41, 5.74) is -2.79. The van der Waals surface area contributed by atoms with Gasteiger partial charge in [0, 0.05) is 0 Å². The molecule has 92 valence electrons. The Labute approximate surface area is 98.2 Å². The second kappa shape index (κ2) is 6.46. The fraction of sp³-hybridized carbons (Fsp3) is 0.600. The zero-order valence-corrected chi connectivity index (χ0v) is 9.47. The van der Waals surface area contributed by atoms with Crippen LogP contribution >= 0.6 is 0 Å². The molecule has 0 atom stereocenters. The van der Waals surface area contributed by atoms with Gasteiger partial charge in [-0.05, 0) is 13.8 Å². The number of carbonyl (C=O) groups excluding carboxylic acids is 2. The Balaban J connectivity index is 5.27. The molecule has 0 heterocycles. The maximum atomic E-state index is 11.4. The van der Waals surface area contributed by atoms with Crippen LogP contribution in [0.5, 0.6) is 0 Å². The minimum Gasteiger partial charge on any atom is -0.465 e. The number of nitrogens with zero attached hydrogens (tertiary/aromatic N) is 2. The van der Waals surface area contributed by atoms with E-state index in [1.165, 1.54) is 26.0 Å². The van der Waals surface area contributed by atoms with Crippen LogP contribution in [0.3, 0.4) is 0 Å². The summed E-state index contributed by atoms with van der Waals surface area (Å²) in [6.45, 7) is 2.86. The summed E-state index contributed by atoms with van der Waals surface area (Å²) in [5.74, 6) is -4.33. The van der Waals surface area contributed by atoms with Crippen molar-refractivity contribution < 1.29 is 24.2 Å². The van der Waals surface area contributed by atoms with E-state index in [2.05, 4.69) is 9.47 Å². The average Bonchev–Trinajstić information content (AvgIpc) is 2.29. The third kappa shape index (κ3) is 3.44. The van der Waals surface area contributed by atoms with Crippen molar-refractivity contribution in [2.75, 3.05) is 13.2 Å². The predicted octanol–water partition coefficient (Wildman–Crippen LogP) is -0.493. The molecule has 0 radical (unpaired) electrons. The highest BCUT2D eigenvalue weighted by molar-refractivity contribution is 5.97. The molecule has 0 aromatic carbocycles. The number of aliphatic hydroxyl groups is 1. The highest BCUT2D eigenvalue weighted by atomic mass is 16.6. The number of hydrogen-bond acceptors (Lipinski definition) is 7. The number of nitriles is 2. The first-order valence-corrected chi connectivity index (χ1v) is 4.84. The Hall–Kier alpha value is -2.12. The van der Waals surface area contributed by atoms with Crippen molar-refractivity contribution in [3.8, 4) is 12.1 Å². The van der Waals surface area contributed by atoms with Crippen molar-refractivity contribution in [2.24, 2.45) is 5.92 Å². The Morgan fingerprint density at radius 1 is 1.18 bits per heavy atom. The lowest BCUT2D eigenvalue weighted by Gasteiger charge is -2.20. The molecule has 0 aliphatic rings. The lowest BCUT2D eigenvalue weighted by molar-refractivity contribution is -0.168. The van der Waals surface area contributed by atoms with Gasteiger partial charge < -0.3 is 14.6 Å². The molecule has 0 rings (SSSR count). The second-order valence-electron chi connectivity index (χ2n) is 2.93. The SMILES string of the molecule is CCOC(=O)C(C(=O)OCC)C(O)(C#N)C#N. The molecule has 0 aromatic heterocycles. The molecule has 0 saturated carbocycles. The van der Waals surface area contributed by atoms with Crippen molar-refractivity contribution in [2.45, 2.75) is 19.4 Å². The summed E-state index contributed by atoms with van der Waals surface area (Å²) < 4.78 is 9.04. The molecule has 7 heteroatoms. The normalized spacial score (nSPS) is 10.2. The topological polar surface area (TPSA) is 120 Å². The standard InChI is InChI=1S/C10H12N2O5/c1-3-16-8(13)7(9(14)17-4-2)10(15,5-11)6-12/h7,15H,3-4H2,1-2H3. The van der Waals surface area contributed by atoms with Crippen molar-refractivity contribution in [1.29, 1.82) is 10.5 Å². The lowest BCUT2D eigenvalue weighted by atomic mass is 9.90. The Morgan fingerprint density at radius 2 is 1.53 bits per heavy atom. The largest absolute Gasteiger partial charge is 0.465 e. The molecular weight excluding hydrogens is 228 g/mol. The zero-order chi connectivity index (χ0) is 13.5. The van der Waals surface area contributed by atoms with Crippen molar-refractivity contribution >= 4 is 11.9 Å². The van der Waals surface area contributed by atoms with Crippen LogP contribution in [0.15, 0.2) is 0 Å². The fourth-order valence-electron chi connectivity index (χ4n) is 1.04. The number of esters is 2. The highest BCUT2D eigenvalue weighted by Crippen LogP contribution is 2.20. The van der Waals surface area contributed by atoms with Gasteiger partial charge in [0.15, 0.2) is 0 Å². The van der Waals surface area contributed by atoms with Crippen LogP contribution in [-0.2, 0) is 19.1 Å². The summed E-state index contributed by atoms with van der Waals surface area (Å²) in [4.78, 5) is 22.9. The molecule has 0 bridgehead atoms. The van der Waals surface area contributed by atoms with Crippen LogP contribution in [0.4, 0.5) is 0 Å². The summed E-state index contributed by atoms with van der Waals surface area (Å²) in [7, 11) is 0. The van der Waals surface area contributed by atoms with Crippen LogP contribution in [0, 0.1) is 28.6 Å². The van der Waals surface area contributed by atoms with E-state index in [0.717, 1.165) is 0 Å². The maximum Gasteiger partial charge on any atom is 0.325 e. The average molecular weight is 240 g/mol. The quantitative estimate of drug-likeness (QED) is 0.391. The molecule has 17 heavy (non-hydrogen) atoms. The lowest BCUT2D eigenvalue weighted by Crippen LogP contribution is -2.46. The Morgan fingerprint density at radius 3 is 1.76 bits per heavy atom. The van der Waals surface area contributed by atoms with Crippen molar-refractivity contribution in [3.05, 3.63) is 0 Å². The molecule has 1 N–H and O–H groups in total. The van der Waals surface area contributed by atoms with Gasteiger partial charge in [-0.2, -0.15) is 10.5 Å². The third-order valence-electron chi connectivity index (χ3n) is 1.80. The molecular formula is C10H12N2O5. The van der Waals surface area contributed by atoms with Crippen molar-refractivity contribution in [3.63, 3.8) is 0 Å². The van der Waals surface area contributed by atoms with E-state index in [4.69, 9.17) is 10.5 Å². The number of ether oxygens (including phenoxy) is 2. The van der Waals surface area contributed by atoms with E-state index in [1.54, 1.807) is 0 Å². The van der Waals surface area contributed by atoms with Gasteiger partial charge in [-0.3, -0.25) is 9.59 Å². The maximum absolute atomic E-state index is 11.4. The number of rotatable bonds is 5. The van der Waals surface area contributed by atoms with Crippen LogP contribution in [0.1, 0.15) is 13.8 Å². The molecule has 0 aliphatic carbocycles. The molecule has 7 nitrogen and oxygen atoms in total. The summed E-state index contributed by atoms with van der Waals surface area (Å²) in [6, 6.07) is 2.40. The third-order valence-corrected chi connectivity index (χ3v) is 1.80. The van der Waals surface area contributed by atoms with E-state index in [1.807, 2.05) is 0 Å². The second-order valence-corrected chi connectivity index (χ2v) is 2.93. The fourth-order valence-corrected chi connectivity index (χ4v) is 1.04. The van der Waals surface area contributed by atoms with Gasteiger partial charge in [-0.1, -0.05) is 0 Å². The van der Waals surface area contributed by atoms with E-state index < -0.39 is 23.5 Å². The van der Waals surface area contributed by atoms with Crippen LogP contribution in [0.25, 0.3) is 0 Å². The van der Waals surface area contributed by atoms with E-state index in [0.29, 0.717) is 0 Å². The highest BCUT2D eigenvalue weighted by Gasteiger charge is 2.50. The van der Waals surface area contributed by atoms with E-state index in [-0.39, 0.29) is 13.2 Å².